The lowest BCUT2D eigenvalue weighted by molar-refractivity contribution is -0.149. The number of ether oxygens (including phenoxy) is 5. The number of nitrogens with zero attached hydrogens (tertiary/aromatic N) is 4. The Morgan fingerprint density at radius 2 is 1.41 bits per heavy atom. The Morgan fingerprint density at radius 3 is 1.97 bits per heavy atom. The van der Waals surface area contributed by atoms with Crippen molar-refractivity contribution in [1.29, 1.82) is 0 Å². The normalized spacial score (nSPS) is 17.3. The molecule has 2 aliphatic rings. The van der Waals surface area contributed by atoms with Gasteiger partial charge in [0.05, 0.1) is 74.0 Å². The molecule has 0 aliphatic carbocycles. The summed E-state index contributed by atoms with van der Waals surface area (Å²) >= 11 is 0. The van der Waals surface area contributed by atoms with Crippen molar-refractivity contribution in [3.8, 4) is 5.75 Å². The number of nitrogens with one attached hydrogen (secondary N) is 4. The quantitative estimate of drug-likeness (QED) is 0.0259. The molecule has 11 atom stereocenters. The molecule has 98 heavy (non-hydrogen) atoms. The van der Waals surface area contributed by atoms with E-state index in [0.29, 0.717) is 49.8 Å². The largest absolute Gasteiger partial charge is 0.497 e. The fourth-order valence-electron chi connectivity index (χ4n) is 12.8. The van der Waals surface area contributed by atoms with E-state index in [1.165, 1.54) is 64.7 Å². The average molecular weight is 1380 g/mol. The van der Waals surface area contributed by atoms with E-state index in [-0.39, 0.29) is 129 Å². The van der Waals surface area contributed by atoms with Crippen LogP contribution in [0.25, 0.3) is 0 Å². The van der Waals surface area contributed by atoms with Crippen LogP contribution < -0.4 is 31.7 Å². The monoisotopic (exact) mass is 1380 g/mol. The van der Waals surface area contributed by atoms with Crippen molar-refractivity contribution in [3.05, 3.63) is 71.6 Å². The summed E-state index contributed by atoms with van der Waals surface area (Å²) in [7, 11) is 8.87. The second kappa shape index (κ2) is 40.0. The van der Waals surface area contributed by atoms with E-state index in [0.717, 1.165) is 11.0 Å². The van der Waals surface area contributed by atoms with Gasteiger partial charge in [0.15, 0.2) is 17.3 Å². The van der Waals surface area contributed by atoms with Crippen LogP contribution in [-0.4, -0.2) is 202 Å². The van der Waals surface area contributed by atoms with Gasteiger partial charge in [0, 0.05) is 110 Å². The first kappa shape index (κ1) is 82.3. The minimum Gasteiger partial charge on any atom is -0.497 e. The van der Waals surface area contributed by atoms with Gasteiger partial charge in [-0.25, -0.2) is 14.0 Å². The third-order valence-corrected chi connectivity index (χ3v) is 18.7. The Bertz CT molecular complexity index is 3090. The van der Waals surface area contributed by atoms with E-state index in [1.807, 2.05) is 27.7 Å². The molecular weight excluding hydrogens is 1270 g/mol. The number of nitrogens with two attached hydrogens (primary N) is 1. The Kier molecular flexibility index (Phi) is 33.6. The molecule has 2 aromatic carbocycles. The third kappa shape index (κ3) is 23.8. The first-order valence-electron chi connectivity index (χ1n) is 33.8. The van der Waals surface area contributed by atoms with Crippen LogP contribution in [0.1, 0.15) is 149 Å². The molecule has 10 amide bonds. The number of likely N-dealkylation sites (N-methyl/N-ethyl adjacent to an activating group) is 2. The van der Waals surface area contributed by atoms with E-state index in [2.05, 4.69) is 21.3 Å². The zero-order valence-corrected chi connectivity index (χ0v) is 59.8. The Hall–Kier alpha value is -8.17. The van der Waals surface area contributed by atoms with Crippen molar-refractivity contribution in [1.82, 2.24) is 35.6 Å². The second-order valence-corrected chi connectivity index (χ2v) is 26.6. The number of anilines is 1. The number of halogens is 1. The molecule has 2 heterocycles. The zero-order chi connectivity index (χ0) is 73.2. The number of rotatable bonds is 42. The molecule has 2 aliphatic heterocycles. The highest BCUT2D eigenvalue weighted by Crippen LogP contribution is 2.33. The minimum absolute atomic E-state index is 0.107. The summed E-state index contributed by atoms with van der Waals surface area (Å²) in [5.74, 6) is -8.73. The van der Waals surface area contributed by atoms with Crippen molar-refractivity contribution < 1.29 is 85.6 Å². The lowest BCUT2D eigenvalue weighted by Gasteiger charge is -2.41. The summed E-state index contributed by atoms with van der Waals surface area (Å²) in [6, 6.07) is 6.29. The van der Waals surface area contributed by atoms with E-state index >= 15 is 0 Å². The number of urea groups is 1. The van der Waals surface area contributed by atoms with Crippen LogP contribution in [0.3, 0.4) is 0 Å². The zero-order valence-electron chi connectivity index (χ0n) is 59.8. The number of carbonyl (C=O) groups excluding carboxylic acids is 12. The van der Waals surface area contributed by atoms with Gasteiger partial charge < -0.3 is 65.4 Å². The van der Waals surface area contributed by atoms with Crippen molar-refractivity contribution in [2.75, 3.05) is 74.0 Å². The van der Waals surface area contributed by atoms with Crippen LogP contribution >= 0.6 is 0 Å². The number of ketones is 3. The molecule has 26 nitrogen and oxygen atoms in total. The summed E-state index contributed by atoms with van der Waals surface area (Å²) in [6.07, 6.45) is 1.90. The van der Waals surface area contributed by atoms with Crippen molar-refractivity contribution in [3.63, 3.8) is 0 Å². The maximum Gasteiger partial charge on any atom is 0.410 e. The molecule has 544 valence electrons. The fraction of sp³-hybridized carbons (Fsp3) is 0.634. The first-order chi connectivity index (χ1) is 46.3. The predicted octanol–water partition coefficient (Wildman–Crippen LogP) is 6.79. The van der Waals surface area contributed by atoms with Gasteiger partial charge in [0.2, 0.25) is 29.5 Å². The predicted molar refractivity (Wildman–Crippen MR) is 363 cm³/mol. The molecule has 1 saturated heterocycles. The topological polar surface area (TPSA) is 338 Å². The number of imide groups is 1. The molecule has 6 N–H and O–H groups in total. The number of hydrogen-bond donors (Lipinski definition) is 5. The molecular formula is C71H106FN9O17. The lowest BCUT2D eigenvalue weighted by atomic mass is 9.83. The van der Waals surface area contributed by atoms with Crippen molar-refractivity contribution in [2.24, 2.45) is 47.2 Å². The number of Topliss-reactive ketones (excluding diaryl/α,β-unsaturated/α-hetero) is 3. The van der Waals surface area contributed by atoms with Crippen LogP contribution in [0.5, 0.6) is 5.75 Å². The van der Waals surface area contributed by atoms with E-state index in [4.69, 9.17) is 29.4 Å². The van der Waals surface area contributed by atoms with Crippen LogP contribution in [0.4, 0.5) is 19.7 Å². The number of primary amides is 1. The van der Waals surface area contributed by atoms with Crippen molar-refractivity contribution >= 4 is 76.5 Å². The lowest BCUT2D eigenvalue weighted by Crippen LogP contribution is -2.54. The van der Waals surface area contributed by atoms with Crippen molar-refractivity contribution in [2.45, 2.75) is 182 Å². The van der Waals surface area contributed by atoms with Gasteiger partial charge >= 0.3 is 12.1 Å². The number of carbonyl (C=O) groups is 12. The van der Waals surface area contributed by atoms with Crippen LogP contribution in [0, 0.1) is 47.2 Å². The number of benzene rings is 2. The van der Waals surface area contributed by atoms with Gasteiger partial charge in [-0.2, -0.15) is 0 Å². The summed E-state index contributed by atoms with van der Waals surface area (Å²) < 4.78 is 43.2. The maximum absolute atomic E-state index is 14.9. The fourth-order valence-corrected chi connectivity index (χ4v) is 12.8. The molecule has 0 aromatic heterocycles. The molecule has 0 unspecified atom stereocenters. The highest BCUT2D eigenvalue weighted by atomic mass is 19.1. The number of methoxy groups -OCH3 is 4. The molecule has 0 bridgehead atoms. The van der Waals surface area contributed by atoms with Crippen LogP contribution in [0.15, 0.2) is 54.6 Å². The highest BCUT2D eigenvalue weighted by molar-refractivity contribution is 6.12. The second-order valence-electron chi connectivity index (χ2n) is 26.6. The standard InChI is InChI=1S/C71H106FN9O17/c1-16-44(8)65(58(96-14)37-62(88)81-39-50(95-13)35-54(81)66(97-15)45(9)67(89)75-38-57(84)51-28-27-49(94-12)34-53(51)72)78(10)69(91)52(41(2)3)36-56(83)64(43(6)7)79(11)71(93)98-40-46-23-25-48(26-24-46)76-68(90)47(21-20-31-74-70(73)92)33-55(82)63(42(4)5)77-59(85)22-18-17-19-32-80-60(86)29-30-61(80)87/h23-30,34,41-45,47,50,52,54,58,63-66H,16-22,31-33,35-40H2,1-15H3,(H,75,89)(H,76,90)(H,77,85)(H3,73,74,92)/t44-,45+,47+,50+,52-,54-,58+,63-,64-,65-,66+/m0/s1. The van der Waals surface area contributed by atoms with Gasteiger partial charge in [0.25, 0.3) is 11.8 Å². The first-order valence-corrected chi connectivity index (χ1v) is 33.8. The molecule has 27 heteroatoms. The Morgan fingerprint density at radius 1 is 0.745 bits per heavy atom. The Labute approximate surface area is 576 Å². The highest BCUT2D eigenvalue weighted by Gasteiger charge is 2.46. The molecule has 0 saturated carbocycles. The number of hydrogen-bond acceptors (Lipinski definition) is 17. The molecule has 0 radical (unpaired) electrons. The van der Waals surface area contributed by atoms with Gasteiger partial charge in [-0.15, -0.1) is 0 Å². The van der Waals surface area contributed by atoms with Gasteiger partial charge in [-0.1, -0.05) is 87.3 Å². The average Bonchev–Trinajstić information content (AvgIpc) is 1.62. The van der Waals surface area contributed by atoms with E-state index in [1.54, 1.807) is 75.7 Å². The summed E-state index contributed by atoms with van der Waals surface area (Å²) in [6.45, 7) is 16.2. The number of unbranched alkanes of at least 4 members (excludes halogenated alkanes) is 2. The molecule has 4 rings (SSSR count). The van der Waals surface area contributed by atoms with Gasteiger partial charge in [0.1, 0.15) is 18.2 Å². The van der Waals surface area contributed by atoms with Crippen LogP contribution in [0.2, 0.25) is 0 Å². The maximum atomic E-state index is 14.9. The molecule has 1 fully saturated rings. The Balaban J connectivity index is 1.39. The number of likely N-dealkylation sites (tertiary alicyclic amines) is 1. The summed E-state index contributed by atoms with van der Waals surface area (Å²) in [5.41, 5.74) is 5.95. The van der Waals surface area contributed by atoms with Crippen LogP contribution in [-0.2, 0) is 68.7 Å². The van der Waals surface area contributed by atoms with Gasteiger partial charge in [-0.05, 0) is 85.6 Å². The smallest absolute Gasteiger partial charge is 0.410 e. The SMILES string of the molecule is CC[C@H](C)[C@@H]([C@@H](CC(=O)N1C[C@H](OC)C[C@H]1[C@H](OC)[C@@H](C)C(=O)NCC(=O)c1ccc(OC)cc1F)OC)N(C)C(=O)[C@@H](CC(=O)[C@H](C(C)C)N(C)C(=O)OCc1ccc(NC(=O)[C@H](CCCNC(N)=O)CC(=O)[C@@H](NC(=O)CCCCCN2C(=O)C=CC2=O)C(C)C)cc1)C(C)C. The molecule has 2 aromatic rings. The van der Waals surface area contributed by atoms with Gasteiger partial charge in [-0.3, -0.25) is 52.8 Å². The summed E-state index contributed by atoms with van der Waals surface area (Å²) in [5, 5.41) is 10.8. The minimum atomic E-state index is -1.00. The number of amides is 10. The van der Waals surface area contributed by atoms with E-state index in [9.17, 15) is 61.9 Å². The molecule has 0 spiro atoms. The summed E-state index contributed by atoms with van der Waals surface area (Å²) in [4.78, 5) is 166. The van der Waals surface area contributed by atoms with E-state index < -0.39 is 108 Å². The third-order valence-electron chi connectivity index (χ3n) is 18.7.